The van der Waals surface area contributed by atoms with Crippen LogP contribution in [0.2, 0.25) is 0 Å². The maximum Gasteiger partial charge on any atom is 0.316 e. The number of rotatable bonds is 3. The van der Waals surface area contributed by atoms with Crippen LogP contribution in [0.1, 0.15) is 0 Å². The number of hydrogen-bond acceptors (Lipinski definition) is 5. The zero-order valence-electron chi connectivity index (χ0n) is 7.67. The molecule has 8 nitrogen and oxygen atoms in total. The third-order valence-corrected chi connectivity index (χ3v) is 1.74. The molecule has 2 amide bonds. The number of carbonyl (C=O) groups is 2. The second kappa shape index (κ2) is 3.86. The summed E-state index contributed by atoms with van der Waals surface area (Å²) in [5.41, 5.74) is 0. The van der Waals surface area contributed by atoms with Gasteiger partial charge in [-0.2, -0.15) is 0 Å². The Labute approximate surface area is 84.4 Å². The first-order valence-corrected chi connectivity index (χ1v) is 4.26. The van der Waals surface area contributed by atoms with Crippen LogP contribution in [0.15, 0.2) is 17.4 Å². The highest BCUT2D eigenvalue weighted by atomic mass is 16.2. The van der Waals surface area contributed by atoms with Crippen molar-refractivity contribution in [3.63, 3.8) is 0 Å². The van der Waals surface area contributed by atoms with Gasteiger partial charge in [0.05, 0.1) is 19.3 Å². The van der Waals surface area contributed by atoms with Crippen molar-refractivity contribution in [2.45, 2.75) is 6.54 Å². The summed E-state index contributed by atoms with van der Waals surface area (Å²) in [6.45, 7) is 0.939. The number of aliphatic imine (C=N–C) groups is 1. The van der Waals surface area contributed by atoms with E-state index in [2.05, 4.69) is 25.9 Å². The zero-order chi connectivity index (χ0) is 10.7. The molecule has 0 aromatic carbocycles. The number of nitrogens with one attached hydrogen (secondary N) is 2. The van der Waals surface area contributed by atoms with Crippen molar-refractivity contribution in [1.82, 2.24) is 25.6 Å². The average molecular weight is 208 g/mol. The van der Waals surface area contributed by atoms with Gasteiger partial charge in [-0.05, 0) is 0 Å². The molecule has 0 saturated carbocycles. The van der Waals surface area contributed by atoms with Crippen LogP contribution >= 0.6 is 0 Å². The van der Waals surface area contributed by atoms with E-state index >= 15 is 0 Å². The normalized spacial score (nSPS) is 15.1. The van der Waals surface area contributed by atoms with E-state index in [4.69, 9.17) is 0 Å². The highest BCUT2D eigenvalue weighted by molar-refractivity contribution is 6.45. The second-order valence-electron chi connectivity index (χ2n) is 2.80. The van der Waals surface area contributed by atoms with E-state index in [1.807, 2.05) is 0 Å². The first kappa shape index (κ1) is 9.31. The molecule has 2 heterocycles. The molecule has 0 aliphatic carbocycles. The van der Waals surface area contributed by atoms with Crippen molar-refractivity contribution >= 4 is 17.8 Å². The van der Waals surface area contributed by atoms with Gasteiger partial charge in [-0.15, -0.1) is 5.10 Å². The number of aromatic nitrogens is 3. The van der Waals surface area contributed by atoms with Crippen LogP contribution in [0.4, 0.5) is 0 Å². The molecule has 1 aromatic rings. The van der Waals surface area contributed by atoms with Gasteiger partial charge < -0.3 is 0 Å². The Balaban J connectivity index is 1.85. The number of hydrogen-bond donors (Lipinski definition) is 2. The third kappa shape index (κ3) is 2.16. The van der Waals surface area contributed by atoms with Crippen LogP contribution in [0.3, 0.4) is 0 Å². The van der Waals surface area contributed by atoms with Crippen molar-refractivity contribution in [3.8, 4) is 0 Å². The molecule has 78 valence electrons. The molecule has 1 aromatic heterocycles. The second-order valence-corrected chi connectivity index (χ2v) is 2.80. The molecule has 0 unspecified atom stereocenters. The molecule has 0 radical (unpaired) electrons. The summed E-state index contributed by atoms with van der Waals surface area (Å²) in [6.07, 6.45) is 3.26. The molecule has 0 bridgehead atoms. The molecule has 8 heteroatoms. The van der Waals surface area contributed by atoms with Gasteiger partial charge in [0.15, 0.2) is 0 Å². The van der Waals surface area contributed by atoms with Gasteiger partial charge in [-0.3, -0.25) is 29.9 Å². The van der Waals surface area contributed by atoms with Gasteiger partial charge in [0.1, 0.15) is 0 Å². The minimum absolute atomic E-state index is 0.185. The zero-order valence-corrected chi connectivity index (χ0v) is 7.67. The number of carbonyl (C=O) groups excluding carboxylic acids is 2. The minimum Gasteiger partial charge on any atom is -0.288 e. The van der Waals surface area contributed by atoms with E-state index in [1.165, 1.54) is 0 Å². The van der Waals surface area contributed by atoms with Crippen molar-refractivity contribution in [1.29, 1.82) is 0 Å². The highest BCUT2D eigenvalue weighted by Gasteiger charge is 2.24. The predicted molar refractivity (Wildman–Crippen MR) is 48.6 cm³/mol. The lowest BCUT2D eigenvalue weighted by atomic mass is 10.6. The number of nitrogens with zero attached hydrogens (tertiary/aromatic N) is 4. The van der Waals surface area contributed by atoms with Crippen LogP contribution < -0.4 is 10.6 Å². The maximum atomic E-state index is 10.7. The monoisotopic (exact) mass is 208 g/mol. The fourth-order valence-corrected chi connectivity index (χ4v) is 1.06. The van der Waals surface area contributed by atoms with Gasteiger partial charge in [0.25, 0.3) is 0 Å². The molecule has 2 rings (SSSR count). The molecule has 15 heavy (non-hydrogen) atoms. The fourth-order valence-electron chi connectivity index (χ4n) is 1.06. The summed E-state index contributed by atoms with van der Waals surface area (Å²) in [6, 6.07) is 0. The van der Waals surface area contributed by atoms with Crippen molar-refractivity contribution in [2.24, 2.45) is 4.99 Å². The summed E-state index contributed by atoms with van der Waals surface area (Å²) in [5.74, 6) is -1.19. The van der Waals surface area contributed by atoms with Crippen LogP contribution in [0.25, 0.3) is 0 Å². The van der Waals surface area contributed by atoms with Crippen molar-refractivity contribution in [2.75, 3.05) is 6.54 Å². The molecule has 0 atom stereocenters. The van der Waals surface area contributed by atoms with E-state index < -0.39 is 11.8 Å². The van der Waals surface area contributed by atoms with Gasteiger partial charge in [-0.1, -0.05) is 5.21 Å². The van der Waals surface area contributed by atoms with Crippen LogP contribution in [0, 0.1) is 0 Å². The molecule has 0 spiro atoms. The summed E-state index contributed by atoms with van der Waals surface area (Å²) < 4.78 is 1.60. The van der Waals surface area contributed by atoms with Crippen LogP contribution in [0.5, 0.6) is 0 Å². The van der Waals surface area contributed by atoms with Gasteiger partial charge in [0.2, 0.25) is 5.96 Å². The lowest BCUT2D eigenvalue weighted by Gasteiger charge is -1.97. The Morgan fingerprint density at radius 1 is 1.33 bits per heavy atom. The Morgan fingerprint density at radius 3 is 2.67 bits per heavy atom. The first-order chi connectivity index (χ1) is 7.25. The Morgan fingerprint density at radius 2 is 2.07 bits per heavy atom. The Bertz CT molecular complexity index is 391. The minimum atomic E-state index is -0.686. The standard InChI is InChI=1S/C7H8N6O2/c14-5-6(15)11-7(10-5)8-1-3-13-4-2-9-12-13/h2,4H,1,3H2,(H2,8,10,11,14,15). The predicted octanol–water partition coefficient (Wildman–Crippen LogP) is -2.12. The summed E-state index contributed by atoms with van der Waals surface area (Å²) in [5, 5.41) is 11.9. The maximum absolute atomic E-state index is 10.7. The van der Waals surface area contributed by atoms with Crippen molar-refractivity contribution < 1.29 is 9.59 Å². The number of guanidine groups is 1. The summed E-state index contributed by atoms with van der Waals surface area (Å²) in [4.78, 5) is 25.5. The van der Waals surface area contributed by atoms with Gasteiger partial charge in [-0.25, -0.2) is 0 Å². The van der Waals surface area contributed by atoms with E-state index in [0.717, 1.165) is 0 Å². The number of amides is 2. The first-order valence-electron chi connectivity index (χ1n) is 4.26. The lowest BCUT2D eigenvalue weighted by Crippen LogP contribution is -2.26. The molecule has 1 aliphatic heterocycles. The van der Waals surface area contributed by atoms with Gasteiger partial charge in [0, 0.05) is 6.20 Å². The lowest BCUT2D eigenvalue weighted by molar-refractivity contribution is -0.135. The quantitative estimate of drug-likeness (QED) is 0.554. The Kier molecular flexibility index (Phi) is 2.40. The van der Waals surface area contributed by atoms with E-state index in [9.17, 15) is 9.59 Å². The average Bonchev–Trinajstić information content (AvgIpc) is 2.79. The molecule has 1 fully saturated rings. The van der Waals surface area contributed by atoms with Crippen LogP contribution in [-0.4, -0.2) is 39.3 Å². The molecular formula is C7H8N6O2. The van der Waals surface area contributed by atoms with E-state index in [-0.39, 0.29) is 5.96 Å². The van der Waals surface area contributed by atoms with E-state index in [0.29, 0.717) is 13.1 Å². The highest BCUT2D eigenvalue weighted by Crippen LogP contribution is 1.86. The van der Waals surface area contributed by atoms with E-state index in [1.54, 1.807) is 17.1 Å². The fraction of sp³-hybridized carbons (Fsp3) is 0.286. The summed E-state index contributed by atoms with van der Waals surface area (Å²) in [7, 11) is 0. The van der Waals surface area contributed by atoms with Crippen LogP contribution in [-0.2, 0) is 16.1 Å². The topological polar surface area (TPSA) is 101 Å². The molecular weight excluding hydrogens is 200 g/mol. The molecule has 2 N–H and O–H groups in total. The largest absolute Gasteiger partial charge is 0.316 e. The molecule has 1 aliphatic rings. The Hall–Kier alpha value is -2.25. The summed E-state index contributed by atoms with van der Waals surface area (Å²) >= 11 is 0. The SMILES string of the molecule is O=C1NC(=NCCn2ccnn2)NC1=O. The van der Waals surface area contributed by atoms with Crippen molar-refractivity contribution in [3.05, 3.63) is 12.4 Å². The third-order valence-electron chi connectivity index (χ3n) is 1.74. The molecule has 1 saturated heterocycles. The smallest absolute Gasteiger partial charge is 0.288 e. The van der Waals surface area contributed by atoms with Gasteiger partial charge >= 0.3 is 11.8 Å².